The number of rotatable bonds is 8. The van der Waals surface area contributed by atoms with Crippen molar-refractivity contribution in [2.45, 2.75) is 51.6 Å². The molecule has 0 amide bonds. The maximum Gasteiger partial charge on any atom is 0.434 e. The first-order valence-electron chi connectivity index (χ1n) is 15.6. The van der Waals surface area contributed by atoms with E-state index in [4.69, 9.17) is 9.47 Å². The molecule has 0 N–H and O–H groups in total. The molecule has 4 heterocycles. The molecule has 0 saturated carbocycles. The van der Waals surface area contributed by atoms with Gasteiger partial charge in [0.1, 0.15) is 17.4 Å². The number of aromatic nitrogens is 4. The van der Waals surface area contributed by atoms with E-state index in [1.807, 2.05) is 42.6 Å². The van der Waals surface area contributed by atoms with Crippen LogP contribution in [0.4, 0.5) is 13.2 Å². The molecule has 1 aliphatic carbocycles. The Bertz CT molecular complexity index is 1930. The van der Waals surface area contributed by atoms with Crippen LogP contribution < -0.4 is 4.74 Å². The summed E-state index contributed by atoms with van der Waals surface area (Å²) in [4.78, 5) is 23.8. The first-order valence-corrected chi connectivity index (χ1v) is 15.6. The molecule has 240 valence electrons. The number of fused-ring (bicyclic) bond motifs is 2. The Labute approximate surface area is 269 Å². The van der Waals surface area contributed by atoms with Crippen LogP contribution in [0.25, 0.3) is 17.1 Å². The highest BCUT2D eigenvalue weighted by atomic mass is 19.4. The van der Waals surface area contributed by atoms with Crippen molar-refractivity contribution < 1.29 is 27.4 Å². The zero-order valence-electron chi connectivity index (χ0n) is 25.7. The molecule has 47 heavy (non-hydrogen) atoms. The zero-order valence-corrected chi connectivity index (χ0v) is 25.7. The van der Waals surface area contributed by atoms with Gasteiger partial charge in [-0.05, 0) is 79.3 Å². The van der Waals surface area contributed by atoms with Gasteiger partial charge in [-0.15, -0.1) is 0 Å². The van der Waals surface area contributed by atoms with Gasteiger partial charge in [-0.1, -0.05) is 36.4 Å². The number of hydrogen-bond acceptors (Lipinski definition) is 7. The second-order valence-corrected chi connectivity index (χ2v) is 11.7. The summed E-state index contributed by atoms with van der Waals surface area (Å²) in [6.45, 7) is 4.05. The lowest BCUT2D eigenvalue weighted by atomic mass is 9.98. The molecule has 0 saturated heterocycles. The van der Waals surface area contributed by atoms with E-state index in [-0.39, 0.29) is 18.5 Å². The van der Waals surface area contributed by atoms with Crippen LogP contribution in [0.1, 0.15) is 63.4 Å². The smallest absolute Gasteiger partial charge is 0.434 e. The minimum Gasteiger partial charge on any atom is -0.486 e. The normalized spacial score (nSPS) is 16.0. The Morgan fingerprint density at radius 2 is 1.85 bits per heavy atom. The second kappa shape index (κ2) is 12.6. The minimum atomic E-state index is -4.87. The van der Waals surface area contributed by atoms with Crippen LogP contribution in [-0.2, 0) is 36.8 Å². The predicted molar refractivity (Wildman–Crippen MR) is 168 cm³/mol. The van der Waals surface area contributed by atoms with E-state index in [0.29, 0.717) is 10.4 Å². The number of ether oxygens (including phenoxy) is 2. The summed E-state index contributed by atoms with van der Waals surface area (Å²) in [5.74, 6) is -0.369. The molecule has 11 heteroatoms. The number of nitrogens with zero attached hydrogens (tertiary/aromatic N) is 5. The second-order valence-electron chi connectivity index (χ2n) is 11.7. The summed E-state index contributed by atoms with van der Waals surface area (Å²) >= 11 is 0. The molecule has 0 spiro atoms. The fourth-order valence-corrected chi connectivity index (χ4v) is 6.51. The molecule has 2 aliphatic rings. The summed E-state index contributed by atoms with van der Waals surface area (Å²) < 4.78 is 54.7. The van der Waals surface area contributed by atoms with E-state index >= 15 is 0 Å². The number of aryl methyl sites for hydroxylation is 1. The van der Waals surface area contributed by atoms with Crippen LogP contribution in [-0.4, -0.2) is 43.8 Å². The lowest BCUT2D eigenvalue weighted by molar-refractivity contribution is -0.143. The van der Waals surface area contributed by atoms with Crippen molar-refractivity contribution in [2.75, 3.05) is 13.2 Å². The van der Waals surface area contributed by atoms with E-state index in [1.54, 1.807) is 12.1 Å². The predicted octanol–water partition coefficient (Wildman–Crippen LogP) is 7.15. The summed E-state index contributed by atoms with van der Waals surface area (Å²) in [5.41, 5.74) is 5.05. The first-order chi connectivity index (χ1) is 22.8. The van der Waals surface area contributed by atoms with E-state index in [2.05, 4.69) is 38.2 Å². The van der Waals surface area contributed by atoms with Gasteiger partial charge in [-0.25, -0.2) is 14.5 Å². The number of hydrogen-bond donors (Lipinski definition) is 0. The summed E-state index contributed by atoms with van der Waals surface area (Å²) in [6.07, 6.45) is 0.0593. The molecule has 1 unspecified atom stereocenters. The SMILES string of the molecule is CCOC(=O)c1cnn(-c2cccc(-c3cccc4c3C(Oc3ccc5c(c3)CCN(Cc3ccccn3)C5)CC4)n2)c1C(F)(F)F. The topological polar surface area (TPSA) is 82.4 Å². The highest BCUT2D eigenvalue weighted by Crippen LogP contribution is 2.42. The lowest BCUT2D eigenvalue weighted by Crippen LogP contribution is -2.30. The molecule has 8 nitrogen and oxygen atoms in total. The van der Waals surface area contributed by atoms with Gasteiger partial charge in [0.25, 0.3) is 0 Å². The maximum atomic E-state index is 14.2. The lowest BCUT2D eigenvalue weighted by Gasteiger charge is -2.29. The van der Waals surface area contributed by atoms with Crippen LogP contribution in [0.3, 0.4) is 0 Å². The number of pyridine rings is 2. The molecule has 0 bridgehead atoms. The third-order valence-electron chi connectivity index (χ3n) is 8.61. The molecule has 0 fully saturated rings. The number of carbonyl (C=O) groups excluding carboxylic acids is 1. The quantitative estimate of drug-likeness (QED) is 0.167. The number of alkyl halides is 3. The monoisotopic (exact) mass is 639 g/mol. The Morgan fingerprint density at radius 1 is 0.979 bits per heavy atom. The van der Waals surface area contributed by atoms with E-state index in [1.165, 1.54) is 24.1 Å². The molecule has 5 aromatic rings. The fourth-order valence-electron chi connectivity index (χ4n) is 6.51. The van der Waals surface area contributed by atoms with Gasteiger partial charge >= 0.3 is 12.1 Å². The van der Waals surface area contributed by atoms with Crippen LogP contribution in [0, 0.1) is 0 Å². The molecular weight excluding hydrogens is 607 g/mol. The van der Waals surface area contributed by atoms with Gasteiger partial charge in [-0.3, -0.25) is 9.88 Å². The van der Waals surface area contributed by atoms with Gasteiger partial charge in [0.15, 0.2) is 11.5 Å². The minimum absolute atomic E-state index is 0.0614. The Kier molecular flexibility index (Phi) is 8.23. The van der Waals surface area contributed by atoms with Crippen molar-refractivity contribution in [3.8, 4) is 22.8 Å². The Balaban J connectivity index is 1.15. The molecule has 0 radical (unpaired) electrons. The summed E-state index contributed by atoms with van der Waals surface area (Å²) in [6, 6.07) is 23.0. The van der Waals surface area contributed by atoms with Crippen LogP contribution >= 0.6 is 0 Å². The van der Waals surface area contributed by atoms with Gasteiger partial charge in [0.05, 0.1) is 24.2 Å². The van der Waals surface area contributed by atoms with E-state index < -0.39 is 23.4 Å². The van der Waals surface area contributed by atoms with Crippen LogP contribution in [0.5, 0.6) is 5.75 Å². The first kappa shape index (κ1) is 30.6. The number of esters is 1. The number of halogens is 3. The molecule has 2 aromatic carbocycles. The van der Waals surface area contributed by atoms with Crippen molar-refractivity contribution in [1.29, 1.82) is 0 Å². The largest absolute Gasteiger partial charge is 0.486 e. The highest BCUT2D eigenvalue weighted by molar-refractivity contribution is 5.90. The van der Waals surface area contributed by atoms with Crippen molar-refractivity contribution >= 4 is 5.97 Å². The molecule has 1 atom stereocenters. The fraction of sp³-hybridized carbons (Fsp3) is 0.278. The maximum absolute atomic E-state index is 14.2. The molecular formula is C36H32F3N5O3. The number of benzene rings is 2. The van der Waals surface area contributed by atoms with Crippen molar-refractivity contribution in [2.24, 2.45) is 0 Å². The Hall–Kier alpha value is -5.03. The van der Waals surface area contributed by atoms with Gasteiger partial charge in [0.2, 0.25) is 0 Å². The van der Waals surface area contributed by atoms with Gasteiger partial charge in [0, 0.05) is 37.0 Å². The van der Waals surface area contributed by atoms with E-state index in [0.717, 1.165) is 73.2 Å². The third-order valence-corrected chi connectivity index (χ3v) is 8.61. The summed E-state index contributed by atoms with van der Waals surface area (Å²) in [5, 5.41) is 3.90. The van der Waals surface area contributed by atoms with E-state index in [9.17, 15) is 18.0 Å². The molecule has 7 rings (SSSR count). The number of carbonyl (C=O) groups is 1. The van der Waals surface area contributed by atoms with Crippen molar-refractivity contribution in [1.82, 2.24) is 24.6 Å². The molecule has 1 aliphatic heterocycles. The standard InChI is InChI=1S/C36H32F3N5O3/c1-2-46-35(45)29-20-41-44(34(29)36(37,38)39)32-11-6-10-30(42-32)28-9-5-7-23-13-15-31(33(23)28)47-27-14-12-25-21-43(18-16-24(25)19-27)22-26-8-3-4-17-40-26/h3-12,14,17,19-20,31H,2,13,15-16,18,21-22H2,1H3. The van der Waals surface area contributed by atoms with Crippen LogP contribution in [0.15, 0.2) is 85.2 Å². The average Bonchev–Trinajstić information content (AvgIpc) is 3.71. The highest BCUT2D eigenvalue weighted by Gasteiger charge is 2.41. The van der Waals surface area contributed by atoms with Crippen LogP contribution in [0.2, 0.25) is 0 Å². The molecule has 3 aromatic heterocycles. The van der Waals surface area contributed by atoms with Gasteiger partial charge < -0.3 is 9.47 Å². The Morgan fingerprint density at radius 3 is 2.66 bits per heavy atom. The van der Waals surface area contributed by atoms with Crippen molar-refractivity contribution in [3.63, 3.8) is 0 Å². The average molecular weight is 640 g/mol. The van der Waals surface area contributed by atoms with Gasteiger partial charge in [-0.2, -0.15) is 18.3 Å². The van der Waals surface area contributed by atoms with Crippen molar-refractivity contribution in [3.05, 3.63) is 124 Å². The summed E-state index contributed by atoms with van der Waals surface area (Å²) in [7, 11) is 0. The zero-order chi connectivity index (χ0) is 32.5. The third kappa shape index (κ3) is 6.23.